The van der Waals surface area contributed by atoms with Gasteiger partial charge in [0.15, 0.2) is 11.6 Å². The summed E-state index contributed by atoms with van der Waals surface area (Å²) in [6, 6.07) is 4.67. The maximum absolute atomic E-state index is 13.9. The maximum Gasteiger partial charge on any atom is 0.171 e. The van der Waals surface area contributed by atoms with Crippen LogP contribution in [0.1, 0.15) is 17.2 Å². The molecule has 2 aromatic rings. The number of methoxy groups -OCH3 is 1. The number of rotatable bonds is 3. The lowest BCUT2D eigenvalue weighted by Gasteiger charge is -2.12. The molecule has 4 nitrogen and oxygen atoms in total. The molecule has 1 heterocycles. The predicted molar refractivity (Wildman–Crippen MR) is 60.2 cm³/mol. The number of aryl methyl sites for hydroxylation is 1. The van der Waals surface area contributed by atoms with Crippen LogP contribution in [0.25, 0.3) is 0 Å². The van der Waals surface area contributed by atoms with E-state index in [1.807, 2.05) is 0 Å². The first-order chi connectivity index (χ1) is 8.13. The van der Waals surface area contributed by atoms with Gasteiger partial charge in [0.2, 0.25) is 0 Å². The van der Waals surface area contributed by atoms with Crippen LogP contribution in [0.2, 0.25) is 0 Å². The van der Waals surface area contributed by atoms with E-state index in [9.17, 15) is 9.50 Å². The normalized spacial score (nSPS) is 12.5. The van der Waals surface area contributed by atoms with E-state index in [4.69, 9.17) is 4.74 Å². The van der Waals surface area contributed by atoms with Gasteiger partial charge in [-0.15, -0.1) is 0 Å². The van der Waals surface area contributed by atoms with Gasteiger partial charge in [-0.05, 0) is 6.07 Å². The third-order valence-electron chi connectivity index (χ3n) is 2.55. The monoisotopic (exact) mass is 236 g/mol. The Balaban J connectivity index is 2.40. The smallest absolute Gasteiger partial charge is 0.171 e. The van der Waals surface area contributed by atoms with Gasteiger partial charge in [0.05, 0.1) is 13.3 Å². The zero-order valence-corrected chi connectivity index (χ0v) is 9.59. The molecule has 0 spiro atoms. The summed E-state index contributed by atoms with van der Waals surface area (Å²) in [6.45, 7) is 0. The molecule has 0 saturated carbocycles. The SMILES string of the molecule is COc1cccc(C(O)c2cnn(C)c2)c1F. The van der Waals surface area contributed by atoms with Gasteiger partial charge in [-0.25, -0.2) is 4.39 Å². The van der Waals surface area contributed by atoms with E-state index in [0.29, 0.717) is 5.56 Å². The average Bonchev–Trinajstić information content (AvgIpc) is 2.75. The zero-order chi connectivity index (χ0) is 12.4. The summed E-state index contributed by atoms with van der Waals surface area (Å²) in [4.78, 5) is 0. The average molecular weight is 236 g/mol. The Morgan fingerprint density at radius 3 is 2.82 bits per heavy atom. The molecule has 0 aliphatic carbocycles. The van der Waals surface area contributed by atoms with Crippen LogP contribution in [0, 0.1) is 5.82 Å². The molecule has 5 heteroatoms. The summed E-state index contributed by atoms with van der Waals surface area (Å²) in [6.07, 6.45) is 2.10. The van der Waals surface area contributed by atoms with E-state index in [-0.39, 0.29) is 11.3 Å². The second-order valence-electron chi connectivity index (χ2n) is 3.71. The van der Waals surface area contributed by atoms with E-state index in [1.165, 1.54) is 25.4 Å². The quantitative estimate of drug-likeness (QED) is 0.881. The second kappa shape index (κ2) is 4.55. The molecule has 0 saturated heterocycles. The lowest BCUT2D eigenvalue weighted by molar-refractivity contribution is 0.213. The van der Waals surface area contributed by atoms with E-state index < -0.39 is 11.9 Å². The van der Waals surface area contributed by atoms with Crippen molar-refractivity contribution >= 4 is 0 Å². The van der Waals surface area contributed by atoms with Gasteiger partial charge in [0.25, 0.3) is 0 Å². The lowest BCUT2D eigenvalue weighted by atomic mass is 10.0. The number of benzene rings is 1. The molecular weight excluding hydrogens is 223 g/mol. The molecule has 1 N–H and O–H groups in total. The number of aliphatic hydroxyl groups is 1. The largest absolute Gasteiger partial charge is 0.494 e. The fraction of sp³-hybridized carbons (Fsp3) is 0.250. The van der Waals surface area contributed by atoms with E-state index in [2.05, 4.69) is 5.10 Å². The first-order valence-electron chi connectivity index (χ1n) is 5.12. The number of halogens is 1. The molecule has 17 heavy (non-hydrogen) atoms. The van der Waals surface area contributed by atoms with Gasteiger partial charge >= 0.3 is 0 Å². The Labute approximate surface area is 98.3 Å². The van der Waals surface area contributed by atoms with Gasteiger partial charge in [-0.2, -0.15) is 5.10 Å². The first kappa shape index (κ1) is 11.6. The second-order valence-corrected chi connectivity index (χ2v) is 3.71. The number of nitrogens with zero attached hydrogens (tertiary/aromatic N) is 2. The Bertz CT molecular complexity index is 525. The summed E-state index contributed by atoms with van der Waals surface area (Å²) in [5, 5.41) is 14.0. The predicted octanol–water partition coefficient (Wildman–Crippen LogP) is 1.65. The third kappa shape index (κ3) is 2.14. The van der Waals surface area contributed by atoms with Crippen molar-refractivity contribution in [1.82, 2.24) is 9.78 Å². The van der Waals surface area contributed by atoms with Crippen molar-refractivity contribution < 1.29 is 14.2 Å². The highest BCUT2D eigenvalue weighted by Crippen LogP contribution is 2.28. The molecule has 0 aliphatic rings. The van der Waals surface area contributed by atoms with Crippen LogP contribution >= 0.6 is 0 Å². The van der Waals surface area contributed by atoms with Crippen LogP contribution < -0.4 is 4.74 Å². The van der Waals surface area contributed by atoms with Crippen LogP contribution in [0.15, 0.2) is 30.6 Å². The van der Waals surface area contributed by atoms with Crippen molar-refractivity contribution in [3.8, 4) is 5.75 Å². The molecule has 0 fully saturated rings. The highest BCUT2D eigenvalue weighted by atomic mass is 19.1. The van der Waals surface area contributed by atoms with Crippen molar-refractivity contribution in [3.05, 3.63) is 47.5 Å². The molecule has 90 valence electrons. The van der Waals surface area contributed by atoms with Crippen LogP contribution in [0.3, 0.4) is 0 Å². The van der Waals surface area contributed by atoms with Crippen molar-refractivity contribution in [3.63, 3.8) is 0 Å². The Hall–Kier alpha value is -1.88. The zero-order valence-electron chi connectivity index (χ0n) is 9.59. The van der Waals surface area contributed by atoms with E-state index in [1.54, 1.807) is 24.0 Å². The van der Waals surface area contributed by atoms with Crippen molar-refractivity contribution in [1.29, 1.82) is 0 Å². The highest BCUT2D eigenvalue weighted by Gasteiger charge is 2.18. The Morgan fingerprint density at radius 1 is 1.47 bits per heavy atom. The van der Waals surface area contributed by atoms with Gasteiger partial charge in [0.1, 0.15) is 6.10 Å². The number of aromatic nitrogens is 2. The Kier molecular flexibility index (Phi) is 3.10. The summed E-state index contributed by atoms with van der Waals surface area (Å²) in [5.41, 5.74) is 0.719. The number of ether oxygens (including phenoxy) is 1. The maximum atomic E-state index is 13.9. The van der Waals surface area contributed by atoms with Gasteiger partial charge in [-0.3, -0.25) is 4.68 Å². The Morgan fingerprint density at radius 2 is 2.24 bits per heavy atom. The van der Waals surface area contributed by atoms with Gasteiger partial charge in [-0.1, -0.05) is 12.1 Å². The molecule has 1 atom stereocenters. The first-order valence-corrected chi connectivity index (χ1v) is 5.12. The molecule has 0 aliphatic heterocycles. The number of hydrogen-bond acceptors (Lipinski definition) is 3. The van der Waals surface area contributed by atoms with Crippen molar-refractivity contribution in [2.75, 3.05) is 7.11 Å². The minimum absolute atomic E-state index is 0.116. The minimum Gasteiger partial charge on any atom is -0.494 e. The molecule has 1 unspecified atom stereocenters. The van der Waals surface area contributed by atoms with Crippen LogP contribution in [0.4, 0.5) is 4.39 Å². The minimum atomic E-state index is -1.04. The fourth-order valence-electron chi connectivity index (χ4n) is 1.66. The van der Waals surface area contributed by atoms with Crippen LogP contribution in [0.5, 0.6) is 5.75 Å². The number of hydrogen-bond donors (Lipinski definition) is 1. The molecule has 0 radical (unpaired) electrons. The van der Waals surface area contributed by atoms with E-state index >= 15 is 0 Å². The molecular formula is C12H13FN2O2. The standard InChI is InChI=1S/C12H13FN2O2/c1-15-7-8(6-14-15)12(16)9-4-3-5-10(17-2)11(9)13/h3-7,12,16H,1-2H3. The molecule has 1 aromatic carbocycles. The molecule has 1 aromatic heterocycles. The van der Waals surface area contributed by atoms with Crippen molar-refractivity contribution in [2.24, 2.45) is 7.05 Å². The molecule has 0 amide bonds. The van der Waals surface area contributed by atoms with Crippen LogP contribution in [-0.4, -0.2) is 22.0 Å². The fourth-order valence-corrected chi connectivity index (χ4v) is 1.66. The highest BCUT2D eigenvalue weighted by molar-refractivity contribution is 5.36. The summed E-state index contributed by atoms with van der Waals surface area (Å²) in [5.74, 6) is -0.434. The van der Waals surface area contributed by atoms with E-state index in [0.717, 1.165) is 0 Å². The topological polar surface area (TPSA) is 47.3 Å². The van der Waals surface area contributed by atoms with Crippen molar-refractivity contribution in [2.45, 2.75) is 6.10 Å². The third-order valence-corrected chi connectivity index (χ3v) is 2.55. The summed E-state index contributed by atoms with van der Waals surface area (Å²) >= 11 is 0. The van der Waals surface area contributed by atoms with Crippen LogP contribution in [-0.2, 0) is 7.05 Å². The summed E-state index contributed by atoms with van der Waals surface area (Å²) < 4.78 is 20.3. The van der Waals surface area contributed by atoms with Gasteiger partial charge in [0, 0.05) is 24.4 Å². The molecule has 2 rings (SSSR count). The number of aliphatic hydroxyl groups excluding tert-OH is 1. The summed E-state index contributed by atoms with van der Waals surface area (Å²) in [7, 11) is 3.12. The lowest BCUT2D eigenvalue weighted by Crippen LogP contribution is -2.03. The van der Waals surface area contributed by atoms with Gasteiger partial charge < -0.3 is 9.84 Å². The molecule has 0 bridgehead atoms.